The van der Waals surface area contributed by atoms with Crippen LogP contribution in [0.4, 0.5) is 4.39 Å². The molecule has 0 atom stereocenters. The number of hydrogen-bond donors (Lipinski definition) is 1. The molecule has 0 radical (unpaired) electrons. The van der Waals surface area contributed by atoms with Crippen molar-refractivity contribution in [2.75, 3.05) is 0 Å². The molecule has 0 spiro atoms. The average molecular weight is 310 g/mol. The van der Waals surface area contributed by atoms with Gasteiger partial charge in [-0.25, -0.2) is 9.37 Å². The minimum absolute atomic E-state index is 0.0818. The Morgan fingerprint density at radius 2 is 2.25 bits per heavy atom. The van der Waals surface area contributed by atoms with E-state index in [1.807, 2.05) is 6.08 Å². The number of benzene rings is 1. The highest BCUT2D eigenvalue weighted by Gasteiger charge is 2.18. The van der Waals surface area contributed by atoms with Crippen LogP contribution in [0.5, 0.6) is 0 Å². The van der Waals surface area contributed by atoms with Gasteiger partial charge in [0.25, 0.3) is 0 Å². The second-order valence-electron chi connectivity index (χ2n) is 4.81. The minimum atomic E-state index is -0.441. The molecule has 0 saturated heterocycles. The van der Waals surface area contributed by atoms with E-state index in [0.717, 1.165) is 15.4 Å². The van der Waals surface area contributed by atoms with Gasteiger partial charge in [0.05, 0.1) is 22.2 Å². The van der Waals surface area contributed by atoms with Gasteiger partial charge in [0.2, 0.25) is 0 Å². The van der Waals surface area contributed by atoms with Gasteiger partial charge in [-0.1, -0.05) is 17.7 Å². The molecule has 1 aliphatic rings. The number of nitrogens with zero attached hydrogens (tertiary/aromatic N) is 1. The van der Waals surface area contributed by atoms with Crippen molar-refractivity contribution in [3.8, 4) is 10.6 Å². The molecule has 1 saturated carbocycles. The van der Waals surface area contributed by atoms with Crippen LogP contribution in [0.2, 0.25) is 5.02 Å². The van der Waals surface area contributed by atoms with Crippen LogP contribution >= 0.6 is 22.9 Å². The molecule has 20 heavy (non-hydrogen) atoms. The highest BCUT2D eigenvalue weighted by Crippen LogP contribution is 2.34. The fourth-order valence-corrected chi connectivity index (χ4v) is 3.04. The Bertz CT molecular complexity index is 664. The predicted molar refractivity (Wildman–Crippen MR) is 80.2 cm³/mol. The first kappa shape index (κ1) is 13.7. The van der Waals surface area contributed by atoms with Crippen molar-refractivity contribution in [1.29, 1.82) is 0 Å². The van der Waals surface area contributed by atoms with Crippen molar-refractivity contribution in [1.82, 2.24) is 4.98 Å². The summed E-state index contributed by atoms with van der Waals surface area (Å²) in [7, 11) is 0. The van der Waals surface area contributed by atoms with E-state index >= 15 is 0 Å². The number of thiazole rings is 1. The number of aliphatic hydroxyl groups excluding tert-OH is 1. The summed E-state index contributed by atoms with van der Waals surface area (Å²) in [6, 6.07) is 4.54. The van der Waals surface area contributed by atoms with Crippen LogP contribution < -0.4 is 0 Å². The molecule has 1 aliphatic carbocycles. The lowest BCUT2D eigenvalue weighted by Gasteiger charge is -1.98. The lowest BCUT2D eigenvalue weighted by atomic mass is 10.2. The predicted octanol–water partition coefficient (Wildman–Crippen LogP) is 4.52. The molecule has 1 fully saturated rings. The normalized spacial score (nSPS) is 15.2. The highest BCUT2D eigenvalue weighted by atomic mass is 35.5. The minimum Gasteiger partial charge on any atom is -0.390 e. The van der Waals surface area contributed by atoms with E-state index in [1.54, 1.807) is 12.1 Å². The van der Waals surface area contributed by atoms with Crippen LogP contribution in [0.1, 0.15) is 23.4 Å². The Morgan fingerprint density at radius 1 is 1.45 bits per heavy atom. The van der Waals surface area contributed by atoms with Crippen LogP contribution in [0, 0.1) is 11.7 Å². The lowest BCUT2D eigenvalue weighted by Crippen LogP contribution is -1.86. The lowest BCUT2D eigenvalue weighted by molar-refractivity contribution is 0.277. The van der Waals surface area contributed by atoms with Gasteiger partial charge in [-0.2, -0.15) is 0 Å². The molecule has 0 amide bonds. The molecule has 3 rings (SSSR count). The monoisotopic (exact) mass is 309 g/mol. The summed E-state index contributed by atoms with van der Waals surface area (Å²) in [6.07, 6.45) is 6.66. The van der Waals surface area contributed by atoms with Gasteiger partial charge in [-0.15, -0.1) is 11.3 Å². The van der Waals surface area contributed by atoms with Crippen molar-refractivity contribution in [3.63, 3.8) is 0 Å². The second-order valence-corrected chi connectivity index (χ2v) is 6.25. The summed E-state index contributed by atoms with van der Waals surface area (Å²) in [5, 5.41) is 10.2. The van der Waals surface area contributed by atoms with Gasteiger partial charge in [-0.05, 0) is 43.0 Å². The third-order valence-corrected chi connectivity index (χ3v) is 4.59. The van der Waals surface area contributed by atoms with Crippen LogP contribution in [0.3, 0.4) is 0 Å². The van der Waals surface area contributed by atoms with Gasteiger partial charge in [0.1, 0.15) is 10.8 Å². The maximum Gasteiger partial charge on any atom is 0.141 e. The van der Waals surface area contributed by atoms with E-state index in [1.165, 1.54) is 30.2 Å². The molecule has 1 aromatic heterocycles. The third kappa shape index (κ3) is 2.92. The zero-order valence-electron chi connectivity index (χ0n) is 10.6. The number of hydrogen-bond acceptors (Lipinski definition) is 3. The molecule has 0 aliphatic heterocycles. The van der Waals surface area contributed by atoms with Crippen molar-refractivity contribution in [2.45, 2.75) is 19.4 Å². The largest absolute Gasteiger partial charge is 0.390 e. The number of allylic oxidation sites excluding steroid dienone is 1. The summed E-state index contributed by atoms with van der Waals surface area (Å²) < 4.78 is 13.2. The van der Waals surface area contributed by atoms with Crippen molar-refractivity contribution in [3.05, 3.63) is 45.7 Å². The zero-order valence-corrected chi connectivity index (χ0v) is 12.2. The Balaban J connectivity index is 1.94. The molecule has 1 heterocycles. The van der Waals surface area contributed by atoms with E-state index < -0.39 is 5.82 Å². The number of aliphatic hydroxyl groups is 1. The first-order valence-corrected chi connectivity index (χ1v) is 7.61. The average Bonchev–Trinajstić information content (AvgIpc) is 3.18. The Kier molecular flexibility index (Phi) is 3.87. The standard InChI is InChI=1S/C15H13ClFNOS/c16-11-7-10(4-5-12(11)17)15-18-13(8-19)14(20-15)6-3-9-1-2-9/h3-7,9,19H,1-2,8H2/b6-3+. The SMILES string of the molecule is OCc1nc(-c2ccc(F)c(Cl)c2)sc1/C=C/C1CC1. The summed E-state index contributed by atoms with van der Waals surface area (Å²) in [4.78, 5) is 5.36. The van der Waals surface area contributed by atoms with Gasteiger partial charge < -0.3 is 5.11 Å². The summed E-state index contributed by atoms with van der Waals surface area (Å²) in [6.45, 7) is -0.101. The van der Waals surface area contributed by atoms with Crippen LogP contribution in [-0.2, 0) is 6.61 Å². The van der Waals surface area contributed by atoms with Gasteiger partial charge in [0, 0.05) is 5.56 Å². The first-order valence-electron chi connectivity index (χ1n) is 6.41. The molecule has 1 N–H and O–H groups in total. The van der Waals surface area contributed by atoms with Crippen LogP contribution in [-0.4, -0.2) is 10.1 Å². The Hall–Kier alpha value is -1.23. The number of rotatable bonds is 4. The first-order chi connectivity index (χ1) is 9.67. The molecule has 104 valence electrons. The van der Waals surface area contributed by atoms with Crippen LogP contribution in [0.15, 0.2) is 24.3 Å². The molecular formula is C15H13ClFNOS. The summed E-state index contributed by atoms with van der Waals surface area (Å²) in [5.41, 5.74) is 1.42. The molecule has 0 bridgehead atoms. The zero-order chi connectivity index (χ0) is 14.1. The van der Waals surface area contributed by atoms with Gasteiger partial charge >= 0.3 is 0 Å². The third-order valence-electron chi connectivity index (χ3n) is 3.19. The topological polar surface area (TPSA) is 33.1 Å². The molecule has 0 unspecified atom stereocenters. The van der Waals surface area contributed by atoms with Crippen LogP contribution in [0.25, 0.3) is 16.6 Å². The van der Waals surface area contributed by atoms with E-state index in [0.29, 0.717) is 11.6 Å². The quantitative estimate of drug-likeness (QED) is 0.901. The maximum atomic E-state index is 13.2. The summed E-state index contributed by atoms with van der Waals surface area (Å²) in [5.74, 6) is 0.232. The Labute approximate surface area is 125 Å². The van der Waals surface area contributed by atoms with E-state index in [9.17, 15) is 9.50 Å². The highest BCUT2D eigenvalue weighted by molar-refractivity contribution is 7.16. The van der Waals surface area contributed by atoms with Gasteiger partial charge in [-0.3, -0.25) is 0 Å². The molecular weight excluding hydrogens is 297 g/mol. The number of halogens is 2. The van der Waals surface area contributed by atoms with E-state index in [-0.39, 0.29) is 11.6 Å². The smallest absolute Gasteiger partial charge is 0.141 e. The number of aromatic nitrogens is 1. The Morgan fingerprint density at radius 3 is 2.90 bits per heavy atom. The van der Waals surface area contributed by atoms with E-state index in [4.69, 9.17) is 11.6 Å². The maximum absolute atomic E-state index is 13.2. The van der Waals surface area contributed by atoms with Crippen molar-refractivity contribution >= 4 is 29.0 Å². The van der Waals surface area contributed by atoms with Gasteiger partial charge in [0.15, 0.2) is 0 Å². The fraction of sp³-hybridized carbons (Fsp3) is 0.267. The van der Waals surface area contributed by atoms with Crippen molar-refractivity contribution in [2.24, 2.45) is 5.92 Å². The fourth-order valence-electron chi connectivity index (χ4n) is 1.87. The molecule has 2 nitrogen and oxygen atoms in total. The summed E-state index contributed by atoms with van der Waals surface area (Å²) >= 11 is 7.28. The molecule has 1 aromatic carbocycles. The second kappa shape index (κ2) is 5.64. The van der Waals surface area contributed by atoms with E-state index in [2.05, 4.69) is 11.1 Å². The van der Waals surface area contributed by atoms with Crippen molar-refractivity contribution < 1.29 is 9.50 Å². The molecule has 2 aromatic rings. The molecule has 5 heteroatoms.